The molecule has 0 saturated heterocycles. The molecule has 0 saturated carbocycles. The summed E-state index contributed by atoms with van der Waals surface area (Å²) in [5, 5.41) is 9.08. The molecular weight excluding hydrogens is 240 g/mol. The summed E-state index contributed by atoms with van der Waals surface area (Å²) in [6.45, 7) is 4.47. The maximum Gasteiger partial charge on any atom is 0.246 e. The highest BCUT2D eigenvalue weighted by molar-refractivity contribution is 5.91. The largest absolute Gasteiger partial charge is 0.395 e. The van der Waals surface area contributed by atoms with Gasteiger partial charge in [-0.25, -0.2) is 0 Å². The number of carbonyl (C=O) groups excluding carboxylic acids is 1. The lowest BCUT2D eigenvalue weighted by molar-refractivity contribution is -0.128. The van der Waals surface area contributed by atoms with Gasteiger partial charge in [0.25, 0.3) is 0 Å². The first-order valence-electron chi connectivity index (χ1n) is 6.72. The van der Waals surface area contributed by atoms with Gasteiger partial charge in [0.1, 0.15) is 0 Å². The van der Waals surface area contributed by atoms with Crippen molar-refractivity contribution >= 4 is 12.0 Å². The van der Waals surface area contributed by atoms with Crippen LogP contribution in [0.5, 0.6) is 0 Å². The monoisotopic (exact) mass is 262 g/mol. The van der Waals surface area contributed by atoms with E-state index >= 15 is 0 Å². The van der Waals surface area contributed by atoms with Crippen molar-refractivity contribution in [3.8, 4) is 0 Å². The Balaban J connectivity index is 2.74. The molecule has 0 aliphatic heterocycles. The fraction of sp³-hybridized carbons (Fsp3) is 0.467. The summed E-state index contributed by atoms with van der Waals surface area (Å²) >= 11 is 0. The molecule has 0 aliphatic rings. The normalized spacial score (nSPS) is 11.2. The van der Waals surface area contributed by atoms with E-state index in [2.05, 4.69) is 18.8 Å². The van der Waals surface area contributed by atoms with Crippen LogP contribution < -0.4 is 0 Å². The molecule has 0 fully saturated rings. The molecular formula is C15H22N2O2. The number of aromatic nitrogens is 1. The standard InChI is InChI=1S/C15H22N2O2/c1-3-14(4-2)17(10-11-18)15(19)8-7-13-6-5-9-16-12-13/h5-9,12,14,18H,3-4,10-11H2,1-2H3. The highest BCUT2D eigenvalue weighted by atomic mass is 16.3. The van der Waals surface area contributed by atoms with E-state index in [1.54, 1.807) is 29.4 Å². The Hall–Kier alpha value is -1.68. The molecule has 0 bridgehead atoms. The van der Waals surface area contributed by atoms with E-state index in [-0.39, 0.29) is 18.6 Å². The first-order chi connectivity index (χ1) is 9.22. The third kappa shape index (κ3) is 4.83. The molecule has 0 aromatic carbocycles. The zero-order valence-electron chi connectivity index (χ0n) is 11.6. The third-order valence-corrected chi connectivity index (χ3v) is 3.11. The topological polar surface area (TPSA) is 53.4 Å². The fourth-order valence-corrected chi connectivity index (χ4v) is 2.05. The van der Waals surface area contributed by atoms with Gasteiger partial charge in [0.15, 0.2) is 0 Å². The molecule has 104 valence electrons. The van der Waals surface area contributed by atoms with Gasteiger partial charge in [-0.15, -0.1) is 0 Å². The van der Waals surface area contributed by atoms with E-state index in [0.29, 0.717) is 6.54 Å². The summed E-state index contributed by atoms with van der Waals surface area (Å²) in [5.41, 5.74) is 0.893. The highest BCUT2D eigenvalue weighted by Crippen LogP contribution is 2.10. The number of amides is 1. The van der Waals surface area contributed by atoms with Gasteiger partial charge in [0.05, 0.1) is 6.61 Å². The Labute approximate surface area is 114 Å². The molecule has 0 aliphatic carbocycles. The first kappa shape index (κ1) is 15.4. The number of carbonyl (C=O) groups is 1. The van der Waals surface area contributed by atoms with Crippen LogP contribution in [0.3, 0.4) is 0 Å². The van der Waals surface area contributed by atoms with Crippen molar-refractivity contribution < 1.29 is 9.90 Å². The Morgan fingerprint density at radius 1 is 1.47 bits per heavy atom. The smallest absolute Gasteiger partial charge is 0.246 e. The molecule has 1 aromatic heterocycles. The van der Waals surface area contributed by atoms with Crippen LogP contribution in [0.2, 0.25) is 0 Å². The van der Waals surface area contributed by atoms with Crippen molar-refractivity contribution in [1.29, 1.82) is 0 Å². The minimum absolute atomic E-state index is 0.0109. The molecule has 0 radical (unpaired) electrons. The quantitative estimate of drug-likeness (QED) is 0.766. The molecule has 19 heavy (non-hydrogen) atoms. The van der Waals surface area contributed by atoms with Crippen molar-refractivity contribution in [2.75, 3.05) is 13.2 Å². The molecule has 1 aromatic rings. The van der Waals surface area contributed by atoms with Gasteiger partial charge < -0.3 is 10.0 Å². The van der Waals surface area contributed by atoms with Crippen LogP contribution in [0.1, 0.15) is 32.3 Å². The average Bonchev–Trinajstić information content (AvgIpc) is 2.46. The third-order valence-electron chi connectivity index (χ3n) is 3.11. The van der Waals surface area contributed by atoms with E-state index in [9.17, 15) is 4.79 Å². The van der Waals surface area contributed by atoms with Crippen molar-refractivity contribution in [2.45, 2.75) is 32.7 Å². The summed E-state index contributed by atoms with van der Waals surface area (Å²) in [6, 6.07) is 3.90. The SMILES string of the molecule is CCC(CC)N(CCO)C(=O)C=Cc1cccnc1. The minimum Gasteiger partial charge on any atom is -0.395 e. The van der Waals surface area contributed by atoms with E-state index in [0.717, 1.165) is 18.4 Å². The second kappa shape index (κ2) is 8.43. The zero-order valence-corrected chi connectivity index (χ0v) is 11.6. The summed E-state index contributed by atoms with van der Waals surface area (Å²) < 4.78 is 0. The van der Waals surface area contributed by atoms with Gasteiger partial charge >= 0.3 is 0 Å². The second-order valence-corrected chi connectivity index (χ2v) is 4.35. The lowest BCUT2D eigenvalue weighted by atomic mass is 10.1. The summed E-state index contributed by atoms with van der Waals surface area (Å²) in [7, 11) is 0. The molecule has 1 rings (SSSR count). The van der Waals surface area contributed by atoms with Gasteiger partial charge in [0.2, 0.25) is 5.91 Å². The zero-order chi connectivity index (χ0) is 14.1. The van der Waals surface area contributed by atoms with Crippen LogP contribution >= 0.6 is 0 Å². The van der Waals surface area contributed by atoms with E-state index in [1.165, 1.54) is 0 Å². The van der Waals surface area contributed by atoms with Gasteiger partial charge in [0, 0.05) is 31.1 Å². The maximum absolute atomic E-state index is 12.2. The van der Waals surface area contributed by atoms with Gasteiger partial charge in [-0.05, 0) is 30.5 Å². The van der Waals surface area contributed by atoms with Crippen molar-refractivity contribution in [2.24, 2.45) is 0 Å². The van der Waals surface area contributed by atoms with Crippen LogP contribution in [0.25, 0.3) is 6.08 Å². The maximum atomic E-state index is 12.2. The fourth-order valence-electron chi connectivity index (χ4n) is 2.05. The molecule has 1 amide bonds. The van der Waals surface area contributed by atoms with Crippen molar-refractivity contribution in [3.05, 3.63) is 36.2 Å². The summed E-state index contributed by atoms with van der Waals surface area (Å²) in [5.74, 6) is -0.0633. The van der Waals surface area contributed by atoms with Gasteiger partial charge in [-0.2, -0.15) is 0 Å². The molecule has 1 N–H and O–H groups in total. The van der Waals surface area contributed by atoms with Crippen LogP contribution in [0.4, 0.5) is 0 Å². The van der Waals surface area contributed by atoms with E-state index < -0.39 is 0 Å². The Kier molecular flexibility index (Phi) is 6.82. The Morgan fingerprint density at radius 3 is 2.74 bits per heavy atom. The number of nitrogens with zero attached hydrogens (tertiary/aromatic N) is 2. The van der Waals surface area contributed by atoms with E-state index in [1.807, 2.05) is 12.1 Å². The average molecular weight is 262 g/mol. The number of aliphatic hydroxyl groups is 1. The molecule has 1 heterocycles. The van der Waals surface area contributed by atoms with Crippen molar-refractivity contribution in [1.82, 2.24) is 9.88 Å². The number of rotatable bonds is 7. The Bertz CT molecular complexity index is 400. The molecule has 4 heteroatoms. The number of pyridine rings is 1. The van der Waals surface area contributed by atoms with Gasteiger partial charge in [-0.3, -0.25) is 9.78 Å². The number of aliphatic hydroxyl groups excluding tert-OH is 1. The van der Waals surface area contributed by atoms with Gasteiger partial charge in [-0.1, -0.05) is 19.9 Å². The lowest BCUT2D eigenvalue weighted by Crippen LogP contribution is -2.40. The number of hydrogen-bond donors (Lipinski definition) is 1. The van der Waals surface area contributed by atoms with E-state index in [4.69, 9.17) is 5.11 Å². The van der Waals surface area contributed by atoms with Crippen LogP contribution in [-0.4, -0.2) is 40.1 Å². The second-order valence-electron chi connectivity index (χ2n) is 4.35. The molecule has 0 unspecified atom stereocenters. The summed E-state index contributed by atoms with van der Waals surface area (Å²) in [4.78, 5) is 17.9. The number of hydrogen-bond acceptors (Lipinski definition) is 3. The summed E-state index contributed by atoms with van der Waals surface area (Å²) in [6.07, 6.45) is 8.48. The van der Waals surface area contributed by atoms with Crippen LogP contribution in [0, 0.1) is 0 Å². The predicted octanol–water partition coefficient (Wildman–Crippen LogP) is 2.10. The predicted molar refractivity (Wildman–Crippen MR) is 76.4 cm³/mol. The minimum atomic E-state index is -0.0633. The molecule has 0 spiro atoms. The first-order valence-corrected chi connectivity index (χ1v) is 6.72. The highest BCUT2D eigenvalue weighted by Gasteiger charge is 2.18. The molecule has 4 nitrogen and oxygen atoms in total. The van der Waals surface area contributed by atoms with Crippen LogP contribution in [-0.2, 0) is 4.79 Å². The lowest BCUT2D eigenvalue weighted by Gasteiger charge is -2.28. The van der Waals surface area contributed by atoms with Crippen molar-refractivity contribution in [3.63, 3.8) is 0 Å². The molecule has 0 atom stereocenters. The Morgan fingerprint density at radius 2 is 2.21 bits per heavy atom. The van der Waals surface area contributed by atoms with Crippen LogP contribution in [0.15, 0.2) is 30.6 Å².